The zero-order valence-electron chi connectivity index (χ0n) is 9.39. The third kappa shape index (κ3) is 2.85. The first-order valence-electron chi connectivity index (χ1n) is 5.26. The Kier molecular flexibility index (Phi) is 3.44. The molecule has 0 saturated carbocycles. The number of hydrogen-bond acceptors (Lipinski definition) is 4. The van der Waals surface area contributed by atoms with Crippen molar-refractivity contribution in [2.75, 3.05) is 11.1 Å². The molecule has 0 aliphatic carbocycles. The van der Waals surface area contributed by atoms with E-state index in [1.165, 1.54) is 0 Å². The van der Waals surface area contributed by atoms with E-state index in [1.54, 1.807) is 12.3 Å². The molecule has 2 aromatic rings. The van der Waals surface area contributed by atoms with E-state index in [2.05, 4.69) is 15.3 Å². The van der Waals surface area contributed by atoms with Crippen LogP contribution in [0.25, 0.3) is 0 Å². The topological polar surface area (TPSA) is 63.8 Å². The van der Waals surface area contributed by atoms with Crippen LogP contribution in [-0.2, 0) is 0 Å². The molecular formula is C12H13ClN4. The first-order chi connectivity index (χ1) is 8.16. The van der Waals surface area contributed by atoms with Crippen molar-refractivity contribution in [2.24, 2.45) is 0 Å². The van der Waals surface area contributed by atoms with Gasteiger partial charge in [-0.3, -0.25) is 0 Å². The van der Waals surface area contributed by atoms with Gasteiger partial charge in [-0.1, -0.05) is 29.8 Å². The number of nitrogens with zero attached hydrogens (tertiary/aromatic N) is 2. The van der Waals surface area contributed by atoms with Crippen LogP contribution in [0.2, 0.25) is 5.02 Å². The van der Waals surface area contributed by atoms with Crippen molar-refractivity contribution in [3.8, 4) is 0 Å². The zero-order valence-corrected chi connectivity index (χ0v) is 10.1. The molecule has 0 fully saturated rings. The number of nitrogen functional groups attached to an aromatic ring is 1. The molecule has 1 aromatic heterocycles. The van der Waals surface area contributed by atoms with Crippen LogP contribution in [0.4, 0.5) is 11.8 Å². The van der Waals surface area contributed by atoms with E-state index < -0.39 is 0 Å². The molecule has 0 aliphatic heterocycles. The molecule has 0 spiro atoms. The summed E-state index contributed by atoms with van der Waals surface area (Å²) in [7, 11) is 0. The fourth-order valence-corrected chi connectivity index (χ4v) is 1.88. The number of halogens is 1. The van der Waals surface area contributed by atoms with Gasteiger partial charge in [0.05, 0.1) is 6.04 Å². The van der Waals surface area contributed by atoms with Crippen LogP contribution in [0.15, 0.2) is 36.5 Å². The Morgan fingerprint density at radius 2 is 2.06 bits per heavy atom. The maximum atomic E-state index is 6.12. The first-order valence-corrected chi connectivity index (χ1v) is 5.64. The number of hydrogen-bond donors (Lipinski definition) is 2. The van der Waals surface area contributed by atoms with Gasteiger partial charge in [0, 0.05) is 11.2 Å². The molecule has 0 radical (unpaired) electrons. The van der Waals surface area contributed by atoms with Crippen molar-refractivity contribution >= 4 is 23.4 Å². The lowest BCUT2D eigenvalue weighted by Crippen LogP contribution is -2.09. The minimum Gasteiger partial charge on any atom is -0.368 e. The SMILES string of the molecule is CC(Nc1ccnc(N)n1)c1ccccc1Cl. The van der Waals surface area contributed by atoms with Crippen molar-refractivity contribution in [3.63, 3.8) is 0 Å². The number of nitrogens with two attached hydrogens (primary N) is 1. The van der Waals surface area contributed by atoms with E-state index in [1.807, 2.05) is 31.2 Å². The van der Waals surface area contributed by atoms with Crippen LogP contribution < -0.4 is 11.1 Å². The monoisotopic (exact) mass is 248 g/mol. The molecule has 88 valence electrons. The maximum Gasteiger partial charge on any atom is 0.221 e. The summed E-state index contributed by atoms with van der Waals surface area (Å²) in [5.41, 5.74) is 6.53. The Bertz CT molecular complexity index is 515. The summed E-state index contributed by atoms with van der Waals surface area (Å²) in [4.78, 5) is 7.92. The predicted octanol–water partition coefficient (Wildman–Crippen LogP) is 2.89. The predicted molar refractivity (Wildman–Crippen MR) is 69.9 cm³/mol. The van der Waals surface area contributed by atoms with Crippen LogP contribution in [0.3, 0.4) is 0 Å². The van der Waals surface area contributed by atoms with Gasteiger partial charge in [0.1, 0.15) is 5.82 Å². The summed E-state index contributed by atoms with van der Waals surface area (Å²) in [6, 6.07) is 9.52. The van der Waals surface area contributed by atoms with Crippen molar-refractivity contribution in [1.29, 1.82) is 0 Å². The summed E-state index contributed by atoms with van der Waals surface area (Å²) in [6.45, 7) is 2.01. The fourth-order valence-electron chi connectivity index (χ4n) is 1.58. The number of rotatable bonds is 3. The number of anilines is 2. The van der Waals surface area contributed by atoms with Gasteiger partial charge in [-0.15, -0.1) is 0 Å². The molecule has 2 rings (SSSR count). The Morgan fingerprint density at radius 3 is 2.76 bits per heavy atom. The highest BCUT2D eigenvalue weighted by Crippen LogP contribution is 2.24. The molecule has 0 bridgehead atoms. The third-order valence-corrected chi connectivity index (χ3v) is 2.75. The van der Waals surface area contributed by atoms with Crippen molar-refractivity contribution in [3.05, 3.63) is 47.1 Å². The van der Waals surface area contributed by atoms with Gasteiger partial charge in [0.2, 0.25) is 5.95 Å². The second-order valence-corrected chi connectivity index (χ2v) is 4.09. The number of nitrogens with one attached hydrogen (secondary N) is 1. The van der Waals surface area contributed by atoms with Crippen LogP contribution >= 0.6 is 11.6 Å². The van der Waals surface area contributed by atoms with Crippen LogP contribution in [-0.4, -0.2) is 9.97 Å². The second kappa shape index (κ2) is 5.01. The minimum atomic E-state index is 0.0537. The molecule has 4 nitrogen and oxygen atoms in total. The van der Waals surface area contributed by atoms with Gasteiger partial charge in [0.15, 0.2) is 0 Å². The minimum absolute atomic E-state index is 0.0537. The molecule has 17 heavy (non-hydrogen) atoms. The van der Waals surface area contributed by atoms with Gasteiger partial charge in [0.25, 0.3) is 0 Å². The van der Waals surface area contributed by atoms with E-state index in [9.17, 15) is 0 Å². The molecule has 5 heteroatoms. The smallest absolute Gasteiger partial charge is 0.221 e. The normalized spacial score (nSPS) is 12.1. The molecule has 1 aromatic carbocycles. The molecule has 1 unspecified atom stereocenters. The van der Waals surface area contributed by atoms with Gasteiger partial charge in [-0.05, 0) is 24.6 Å². The average Bonchev–Trinajstić information content (AvgIpc) is 2.29. The first kappa shape index (κ1) is 11.7. The van der Waals surface area contributed by atoms with Gasteiger partial charge in [-0.2, -0.15) is 4.98 Å². The number of benzene rings is 1. The standard InChI is InChI=1S/C12H13ClN4/c1-8(9-4-2-3-5-10(9)13)16-11-6-7-15-12(14)17-11/h2-8H,1H3,(H3,14,15,16,17). The van der Waals surface area contributed by atoms with Gasteiger partial charge < -0.3 is 11.1 Å². The Labute approximate surface area is 105 Å². The van der Waals surface area contributed by atoms with Gasteiger partial charge >= 0.3 is 0 Å². The molecule has 0 amide bonds. The average molecular weight is 249 g/mol. The molecule has 1 atom stereocenters. The molecule has 3 N–H and O–H groups in total. The van der Waals surface area contributed by atoms with Crippen molar-refractivity contribution < 1.29 is 0 Å². The van der Waals surface area contributed by atoms with Crippen LogP contribution in [0.1, 0.15) is 18.5 Å². The molecule has 0 aliphatic rings. The van der Waals surface area contributed by atoms with Gasteiger partial charge in [-0.25, -0.2) is 4.98 Å². The second-order valence-electron chi connectivity index (χ2n) is 3.69. The Morgan fingerprint density at radius 1 is 1.29 bits per heavy atom. The van der Waals surface area contributed by atoms with E-state index >= 15 is 0 Å². The van der Waals surface area contributed by atoms with Crippen molar-refractivity contribution in [1.82, 2.24) is 9.97 Å². The van der Waals surface area contributed by atoms with Crippen LogP contribution in [0, 0.1) is 0 Å². The van der Waals surface area contributed by atoms with Crippen molar-refractivity contribution in [2.45, 2.75) is 13.0 Å². The summed E-state index contributed by atoms with van der Waals surface area (Å²) >= 11 is 6.12. The molecule has 0 saturated heterocycles. The summed E-state index contributed by atoms with van der Waals surface area (Å²) in [6.07, 6.45) is 1.62. The van der Waals surface area contributed by atoms with E-state index in [0.29, 0.717) is 5.82 Å². The molecule has 1 heterocycles. The largest absolute Gasteiger partial charge is 0.368 e. The summed E-state index contributed by atoms with van der Waals surface area (Å²) in [5, 5.41) is 3.96. The quantitative estimate of drug-likeness (QED) is 0.877. The third-order valence-electron chi connectivity index (χ3n) is 2.41. The van der Waals surface area contributed by atoms with E-state index in [-0.39, 0.29) is 12.0 Å². The lowest BCUT2D eigenvalue weighted by Gasteiger charge is -2.16. The number of aromatic nitrogens is 2. The Hall–Kier alpha value is -1.81. The van der Waals surface area contributed by atoms with E-state index in [0.717, 1.165) is 10.6 Å². The van der Waals surface area contributed by atoms with Crippen LogP contribution in [0.5, 0.6) is 0 Å². The highest BCUT2D eigenvalue weighted by molar-refractivity contribution is 6.31. The lowest BCUT2D eigenvalue weighted by molar-refractivity contribution is 0.873. The zero-order chi connectivity index (χ0) is 12.3. The lowest BCUT2D eigenvalue weighted by atomic mass is 10.1. The highest BCUT2D eigenvalue weighted by Gasteiger charge is 2.09. The Balaban J connectivity index is 2.17. The molecular weight excluding hydrogens is 236 g/mol. The summed E-state index contributed by atoms with van der Waals surface area (Å²) in [5.74, 6) is 0.936. The fraction of sp³-hybridized carbons (Fsp3) is 0.167. The maximum absolute atomic E-state index is 6.12. The highest BCUT2D eigenvalue weighted by atomic mass is 35.5. The summed E-state index contributed by atoms with van der Waals surface area (Å²) < 4.78 is 0. The van der Waals surface area contributed by atoms with E-state index in [4.69, 9.17) is 17.3 Å².